The standard InChI is InChI=1S/C38H45Cl2N3O4S/c1-3-15-41-37(45)35(20-26-7-5-4-6-8-26)42(24-27-9-14-33(39)34(40)19-27)36(44)25-43(48(2,46)47)32-12-10-31(11-13-32)38-21-28-16-29(22-38)18-30(17-28)23-38/h4-14,19,28-30,35H,3,15-18,20-25H2,1-2H3,(H,41,45)/t28?,29?,30?,35-,38?/m0/s1. The van der Waals surface area contributed by atoms with Gasteiger partial charge in [-0.1, -0.05) is 78.7 Å². The number of amides is 2. The van der Waals surface area contributed by atoms with Gasteiger partial charge in [0, 0.05) is 19.5 Å². The predicted molar refractivity (Wildman–Crippen MR) is 193 cm³/mol. The number of carbonyl (C=O) groups excluding carboxylic acids is 2. The highest BCUT2D eigenvalue weighted by Gasteiger charge is 2.51. The van der Waals surface area contributed by atoms with Crippen molar-refractivity contribution < 1.29 is 18.0 Å². The Hall–Kier alpha value is -3.07. The summed E-state index contributed by atoms with van der Waals surface area (Å²) in [6, 6.07) is 21.5. The van der Waals surface area contributed by atoms with E-state index in [-0.39, 0.29) is 24.3 Å². The lowest BCUT2D eigenvalue weighted by Gasteiger charge is -2.57. The molecule has 0 unspecified atom stereocenters. The van der Waals surface area contributed by atoms with Crippen molar-refractivity contribution in [3.8, 4) is 0 Å². The smallest absolute Gasteiger partial charge is 0.244 e. The maximum Gasteiger partial charge on any atom is 0.244 e. The van der Waals surface area contributed by atoms with Gasteiger partial charge >= 0.3 is 0 Å². The van der Waals surface area contributed by atoms with Gasteiger partial charge in [0.1, 0.15) is 12.6 Å². The van der Waals surface area contributed by atoms with Crippen LogP contribution in [0.15, 0.2) is 72.8 Å². The fraction of sp³-hybridized carbons (Fsp3) is 0.474. The quantitative estimate of drug-likeness (QED) is 0.201. The van der Waals surface area contributed by atoms with Crippen molar-refractivity contribution in [2.24, 2.45) is 17.8 Å². The molecule has 0 saturated heterocycles. The first-order valence-electron chi connectivity index (χ1n) is 17.1. The molecule has 1 atom stereocenters. The van der Waals surface area contributed by atoms with E-state index in [0.29, 0.717) is 27.8 Å². The zero-order valence-corrected chi connectivity index (χ0v) is 30.0. The van der Waals surface area contributed by atoms with Gasteiger partial charge in [-0.25, -0.2) is 8.42 Å². The van der Waals surface area contributed by atoms with Crippen LogP contribution in [0.2, 0.25) is 10.0 Å². The molecule has 3 aromatic rings. The van der Waals surface area contributed by atoms with Gasteiger partial charge in [-0.2, -0.15) is 0 Å². The van der Waals surface area contributed by atoms with E-state index in [1.54, 1.807) is 18.2 Å². The third-order valence-electron chi connectivity index (χ3n) is 10.6. The molecule has 10 heteroatoms. The SMILES string of the molecule is CCCNC(=O)[C@H](Cc1ccccc1)N(Cc1ccc(Cl)c(Cl)c1)C(=O)CN(c1ccc(C23CC4CC(CC(C4)C2)C3)cc1)S(C)(=O)=O. The second kappa shape index (κ2) is 14.4. The fourth-order valence-electron chi connectivity index (χ4n) is 8.81. The molecule has 48 heavy (non-hydrogen) atoms. The van der Waals surface area contributed by atoms with E-state index in [4.69, 9.17) is 23.2 Å². The summed E-state index contributed by atoms with van der Waals surface area (Å²) in [6.07, 6.45) is 9.77. The Morgan fingerprint density at radius 1 is 0.875 bits per heavy atom. The molecule has 4 fully saturated rings. The van der Waals surface area contributed by atoms with Crippen LogP contribution >= 0.6 is 23.2 Å². The number of halogens is 2. The molecule has 0 radical (unpaired) electrons. The maximum atomic E-state index is 14.4. The van der Waals surface area contributed by atoms with Gasteiger partial charge in [0.15, 0.2) is 0 Å². The normalized spacial score (nSPS) is 23.5. The average Bonchev–Trinajstić information content (AvgIpc) is 3.05. The number of benzene rings is 3. The molecule has 7 nitrogen and oxygen atoms in total. The lowest BCUT2D eigenvalue weighted by Crippen LogP contribution is -2.53. The van der Waals surface area contributed by atoms with Crippen molar-refractivity contribution in [3.63, 3.8) is 0 Å². The molecule has 4 aliphatic rings. The molecule has 0 heterocycles. The number of carbonyl (C=O) groups is 2. The van der Waals surface area contributed by atoms with Crippen molar-refractivity contribution in [1.82, 2.24) is 10.2 Å². The minimum atomic E-state index is -3.86. The van der Waals surface area contributed by atoms with Gasteiger partial charge in [-0.15, -0.1) is 0 Å². The Morgan fingerprint density at radius 3 is 2.06 bits per heavy atom. The molecular weight excluding hydrogens is 665 g/mol. The van der Waals surface area contributed by atoms with Gasteiger partial charge in [0.2, 0.25) is 21.8 Å². The highest BCUT2D eigenvalue weighted by atomic mass is 35.5. The Labute approximate surface area is 295 Å². The molecular formula is C38H45Cl2N3O4S. The van der Waals surface area contributed by atoms with Crippen LogP contribution in [0.25, 0.3) is 0 Å². The second-order valence-electron chi connectivity index (χ2n) is 14.3. The Kier molecular flexibility index (Phi) is 10.4. The van der Waals surface area contributed by atoms with Crippen molar-refractivity contribution in [3.05, 3.63) is 99.5 Å². The van der Waals surface area contributed by atoms with Gasteiger partial charge in [-0.05, 0) is 109 Å². The molecule has 3 aromatic carbocycles. The molecule has 1 N–H and O–H groups in total. The molecule has 4 aliphatic carbocycles. The summed E-state index contributed by atoms with van der Waals surface area (Å²) in [6.45, 7) is 1.99. The van der Waals surface area contributed by atoms with Crippen molar-refractivity contribution >= 4 is 50.7 Å². The molecule has 0 spiro atoms. The van der Waals surface area contributed by atoms with Crippen LogP contribution in [0.4, 0.5) is 5.69 Å². The molecule has 2 amide bonds. The molecule has 0 aromatic heterocycles. The molecule has 7 rings (SSSR count). The van der Waals surface area contributed by atoms with Crippen molar-refractivity contribution in [1.29, 1.82) is 0 Å². The third kappa shape index (κ3) is 7.71. The lowest BCUT2D eigenvalue weighted by molar-refractivity contribution is -0.140. The first-order chi connectivity index (χ1) is 22.9. The van der Waals surface area contributed by atoms with E-state index in [1.165, 1.54) is 49.0 Å². The summed E-state index contributed by atoms with van der Waals surface area (Å²) >= 11 is 12.5. The Morgan fingerprint density at radius 2 is 1.50 bits per heavy atom. The molecule has 4 saturated carbocycles. The number of rotatable bonds is 13. The van der Waals surface area contributed by atoms with E-state index in [2.05, 4.69) is 17.4 Å². The maximum absolute atomic E-state index is 14.4. The predicted octanol–water partition coefficient (Wildman–Crippen LogP) is 7.39. The van der Waals surface area contributed by atoms with Gasteiger partial charge in [-0.3, -0.25) is 13.9 Å². The number of nitrogens with one attached hydrogen (secondary N) is 1. The van der Waals surface area contributed by atoms with E-state index >= 15 is 0 Å². The van der Waals surface area contributed by atoms with Crippen LogP contribution in [0.5, 0.6) is 0 Å². The van der Waals surface area contributed by atoms with Crippen LogP contribution in [-0.4, -0.2) is 50.5 Å². The number of hydrogen-bond donors (Lipinski definition) is 1. The molecule has 0 aliphatic heterocycles. The number of sulfonamides is 1. The summed E-state index contributed by atoms with van der Waals surface area (Å²) in [7, 11) is -3.86. The first-order valence-corrected chi connectivity index (χ1v) is 19.7. The Bertz CT molecular complexity index is 1700. The number of hydrogen-bond acceptors (Lipinski definition) is 4. The topological polar surface area (TPSA) is 86.8 Å². The van der Waals surface area contributed by atoms with Crippen molar-refractivity contribution in [2.75, 3.05) is 23.7 Å². The van der Waals surface area contributed by atoms with Crippen molar-refractivity contribution in [2.45, 2.75) is 76.3 Å². The second-order valence-corrected chi connectivity index (χ2v) is 17.0. The van der Waals surface area contributed by atoms with Crippen LogP contribution in [0, 0.1) is 17.8 Å². The number of nitrogens with zero attached hydrogens (tertiary/aromatic N) is 2. The fourth-order valence-corrected chi connectivity index (χ4v) is 9.98. The minimum absolute atomic E-state index is 0.0370. The molecule has 256 valence electrons. The monoisotopic (exact) mass is 709 g/mol. The highest BCUT2D eigenvalue weighted by molar-refractivity contribution is 7.92. The minimum Gasteiger partial charge on any atom is -0.354 e. The summed E-state index contributed by atoms with van der Waals surface area (Å²) < 4.78 is 27.8. The summed E-state index contributed by atoms with van der Waals surface area (Å²) in [4.78, 5) is 29.6. The van der Waals surface area contributed by atoms with Crippen LogP contribution in [-0.2, 0) is 38.0 Å². The summed E-state index contributed by atoms with van der Waals surface area (Å²) in [5.41, 5.74) is 3.43. The number of anilines is 1. The van der Waals surface area contributed by atoms with Crippen LogP contribution in [0.3, 0.4) is 0 Å². The Balaban J connectivity index is 1.31. The zero-order chi connectivity index (χ0) is 34.1. The summed E-state index contributed by atoms with van der Waals surface area (Å²) in [5, 5.41) is 3.66. The van der Waals surface area contributed by atoms with E-state index < -0.39 is 28.5 Å². The summed E-state index contributed by atoms with van der Waals surface area (Å²) in [5.74, 6) is 1.58. The van der Waals surface area contributed by atoms with E-state index in [1.807, 2.05) is 49.4 Å². The van der Waals surface area contributed by atoms with E-state index in [9.17, 15) is 18.0 Å². The van der Waals surface area contributed by atoms with Gasteiger partial charge < -0.3 is 10.2 Å². The van der Waals surface area contributed by atoms with Gasteiger partial charge in [0.05, 0.1) is 22.0 Å². The van der Waals surface area contributed by atoms with Crippen LogP contribution in [0.1, 0.15) is 68.6 Å². The van der Waals surface area contributed by atoms with Gasteiger partial charge in [0.25, 0.3) is 0 Å². The lowest BCUT2D eigenvalue weighted by atomic mass is 9.48. The zero-order valence-electron chi connectivity index (χ0n) is 27.7. The van der Waals surface area contributed by atoms with E-state index in [0.717, 1.165) is 40.3 Å². The van der Waals surface area contributed by atoms with Crippen LogP contribution < -0.4 is 9.62 Å². The average molecular weight is 711 g/mol. The highest BCUT2D eigenvalue weighted by Crippen LogP contribution is 2.60. The third-order valence-corrected chi connectivity index (χ3v) is 12.5. The molecule has 4 bridgehead atoms. The first kappa shape index (κ1) is 34.8. The largest absolute Gasteiger partial charge is 0.354 e.